The van der Waals surface area contributed by atoms with Gasteiger partial charge in [-0.3, -0.25) is 14.6 Å². The third-order valence-corrected chi connectivity index (χ3v) is 8.05. The number of aromatic nitrogens is 2. The molecular formula is C30H30ClF3N4O2. The zero-order valence-corrected chi connectivity index (χ0v) is 23.2. The first kappa shape index (κ1) is 28.0. The summed E-state index contributed by atoms with van der Waals surface area (Å²) in [6.07, 6.45) is 6.76. The first-order valence-corrected chi connectivity index (χ1v) is 13.6. The van der Waals surface area contributed by atoms with E-state index in [2.05, 4.69) is 10.3 Å². The Labute approximate surface area is 235 Å². The lowest BCUT2D eigenvalue weighted by Crippen LogP contribution is -2.38. The molecule has 0 spiro atoms. The molecule has 2 atom stereocenters. The van der Waals surface area contributed by atoms with E-state index in [0.717, 1.165) is 23.4 Å². The van der Waals surface area contributed by atoms with Crippen molar-refractivity contribution in [2.24, 2.45) is 13.0 Å². The van der Waals surface area contributed by atoms with Crippen molar-refractivity contribution in [3.8, 4) is 11.3 Å². The quantitative estimate of drug-likeness (QED) is 0.365. The van der Waals surface area contributed by atoms with E-state index in [1.54, 1.807) is 11.1 Å². The molecule has 0 saturated carbocycles. The van der Waals surface area contributed by atoms with E-state index in [-0.39, 0.29) is 40.9 Å². The van der Waals surface area contributed by atoms with Gasteiger partial charge >= 0.3 is 0 Å². The van der Waals surface area contributed by atoms with Gasteiger partial charge in [0.05, 0.1) is 28.1 Å². The Hall–Kier alpha value is -3.59. The van der Waals surface area contributed by atoms with Crippen LogP contribution in [0.3, 0.4) is 0 Å². The number of nitrogens with zero attached hydrogens (tertiary/aromatic N) is 3. The second-order valence-electron chi connectivity index (χ2n) is 10.6. The number of anilines is 1. The average Bonchev–Trinajstić information content (AvgIpc) is 3.26. The first-order chi connectivity index (χ1) is 19.0. The highest BCUT2D eigenvalue weighted by atomic mass is 35.5. The number of amides is 2. The maximum atomic E-state index is 15.1. The van der Waals surface area contributed by atoms with Gasteiger partial charge in [-0.25, -0.2) is 13.2 Å². The molecule has 2 amide bonds. The second kappa shape index (κ2) is 10.8. The summed E-state index contributed by atoms with van der Waals surface area (Å²) in [5, 5.41) is 2.76. The minimum absolute atomic E-state index is 0.0763. The van der Waals surface area contributed by atoms with E-state index in [1.165, 1.54) is 6.08 Å². The fourth-order valence-electron chi connectivity index (χ4n) is 5.63. The number of nitrogens with one attached hydrogen (secondary N) is 1. The number of halogens is 4. The predicted octanol–water partition coefficient (Wildman–Crippen LogP) is 7.11. The lowest BCUT2D eigenvalue weighted by molar-refractivity contribution is -0.129. The van der Waals surface area contributed by atoms with E-state index >= 15 is 4.39 Å². The van der Waals surface area contributed by atoms with Crippen LogP contribution in [0.4, 0.5) is 18.9 Å². The number of hydrogen-bond donors (Lipinski definition) is 1. The van der Waals surface area contributed by atoms with Crippen molar-refractivity contribution in [2.75, 3.05) is 11.9 Å². The van der Waals surface area contributed by atoms with Gasteiger partial charge in [0.15, 0.2) is 0 Å². The van der Waals surface area contributed by atoms with Crippen LogP contribution >= 0.6 is 11.6 Å². The van der Waals surface area contributed by atoms with E-state index in [9.17, 15) is 18.4 Å². The van der Waals surface area contributed by atoms with Crippen LogP contribution < -0.4 is 5.32 Å². The van der Waals surface area contributed by atoms with Crippen molar-refractivity contribution in [1.29, 1.82) is 0 Å². The molecule has 40 heavy (non-hydrogen) atoms. The van der Waals surface area contributed by atoms with Gasteiger partial charge in [0.2, 0.25) is 11.8 Å². The number of hydrogen-bond acceptors (Lipinski definition) is 3. The van der Waals surface area contributed by atoms with Gasteiger partial charge in [0.1, 0.15) is 5.82 Å². The van der Waals surface area contributed by atoms with Gasteiger partial charge in [0, 0.05) is 61.6 Å². The topological polar surface area (TPSA) is 67.2 Å². The maximum absolute atomic E-state index is 15.1. The van der Waals surface area contributed by atoms with Crippen molar-refractivity contribution in [3.63, 3.8) is 0 Å². The Kier molecular flexibility index (Phi) is 7.52. The molecule has 2 aromatic heterocycles. The molecule has 2 aliphatic rings. The summed E-state index contributed by atoms with van der Waals surface area (Å²) in [7, 11) is 1.89. The molecule has 5 rings (SSSR count). The summed E-state index contributed by atoms with van der Waals surface area (Å²) >= 11 is 5.95. The number of fused-ring (bicyclic) bond motifs is 4. The summed E-state index contributed by atoms with van der Waals surface area (Å²) in [4.78, 5) is 32.7. The summed E-state index contributed by atoms with van der Waals surface area (Å²) in [5.74, 6) is -5.02. The van der Waals surface area contributed by atoms with Gasteiger partial charge in [-0.1, -0.05) is 31.0 Å². The second-order valence-corrected chi connectivity index (χ2v) is 11.0. The van der Waals surface area contributed by atoms with E-state index in [1.807, 2.05) is 42.9 Å². The highest BCUT2D eigenvalue weighted by Crippen LogP contribution is 2.41. The number of pyridine rings is 1. The minimum Gasteiger partial charge on any atom is -0.349 e. The Morgan fingerprint density at radius 3 is 2.65 bits per heavy atom. The van der Waals surface area contributed by atoms with Crippen LogP contribution in [0.15, 0.2) is 48.8 Å². The van der Waals surface area contributed by atoms with Crippen LogP contribution in [0, 0.1) is 11.7 Å². The fourth-order valence-corrected chi connectivity index (χ4v) is 5.79. The van der Waals surface area contributed by atoms with Crippen LogP contribution in [0.5, 0.6) is 0 Å². The molecule has 2 aliphatic heterocycles. The fraction of sp³-hybridized carbons (Fsp3) is 0.367. The summed E-state index contributed by atoms with van der Waals surface area (Å²) < 4.78 is 45.8. The van der Waals surface area contributed by atoms with E-state index in [0.29, 0.717) is 37.6 Å². The Balaban J connectivity index is 1.54. The molecule has 0 aliphatic carbocycles. The van der Waals surface area contributed by atoms with Crippen molar-refractivity contribution in [1.82, 2.24) is 14.5 Å². The molecular weight excluding hydrogens is 541 g/mol. The first-order valence-electron chi connectivity index (χ1n) is 13.3. The number of benzene rings is 1. The SMILES string of the molecule is C[C@@H]1CCC[C@H](N2CCC(c3c(C(C)(F)F)ccc(Cl)c3F)=CC2=O)c2cc(ccn2)-c2c(ccn2C)NC1=O. The van der Waals surface area contributed by atoms with Gasteiger partial charge in [-0.2, -0.15) is 0 Å². The lowest BCUT2D eigenvalue weighted by Gasteiger charge is -2.35. The summed E-state index contributed by atoms with van der Waals surface area (Å²) in [5.41, 5.74) is 2.40. The lowest BCUT2D eigenvalue weighted by atomic mass is 9.90. The molecule has 0 unspecified atom stereocenters. The van der Waals surface area contributed by atoms with Gasteiger partial charge in [-0.15, -0.1) is 0 Å². The smallest absolute Gasteiger partial charge is 0.271 e. The molecule has 1 aromatic carbocycles. The Morgan fingerprint density at radius 1 is 1.15 bits per heavy atom. The molecule has 0 fully saturated rings. The largest absolute Gasteiger partial charge is 0.349 e. The van der Waals surface area contributed by atoms with Gasteiger partial charge in [0.25, 0.3) is 5.92 Å². The van der Waals surface area contributed by atoms with Crippen LogP contribution in [0.1, 0.15) is 62.4 Å². The predicted molar refractivity (Wildman–Crippen MR) is 148 cm³/mol. The molecule has 1 N–H and O–H groups in total. The molecule has 0 saturated heterocycles. The zero-order chi connectivity index (χ0) is 28.8. The van der Waals surface area contributed by atoms with Gasteiger partial charge in [-0.05, 0) is 49.1 Å². The van der Waals surface area contributed by atoms with Crippen LogP contribution in [-0.2, 0) is 22.6 Å². The highest BCUT2D eigenvalue weighted by Gasteiger charge is 2.35. The average molecular weight is 571 g/mol. The molecule has 6 nitrogen and oxygen atoms in total. The number of carbonyl (C=O) groups excluding carboxylic acids is 2. The Morgan fingerprint density at radius 2 is 1.93 bits per heavy atom. The van der Waals surface area contributed by atoms with Crippen molar-refractivity contribution >= 4 is 34.7 Å². The molecule has 0 radical (unpaired) electrons. The zero-order valence-electron chi connectivity index (χ0n) is 22.5. The van der Waals surface area contributed by atoms with Crippen LogP contribution in [0.2, 0.25) is 5.02 Å². The van der Waals surface area contributed by atoms with Gasteiger partial charge < -0.3 is 14.8 Å². The third kappa shape index (κ3) is 5.27. The van der Waals surface area contributed by atoms with Crippen molar-refractivity contribution in [3.05, 3.63) is 76.5 Å². The van der Waals surface area contributed by atoms with Crippen molar-refractivity contribution in [2.45, 2.75) is 51.5 Å². The summed E-state index contributed by atoms with van der Waals surface area (Å²) in [6, 6.07) is 7.42. The number of alkyl halides is 2. The molecule has 4 heterocycles. The molecule has 210 valence electrons. The normalized spacial score (nSPS) is 20.3. The summed E-state index contributed by atoms with van der Waals surface area (Å²) in [6.45, 7) is 2.75. The standard InChI is InChI=1S/C30H30ClF3N4O2/c1-17-5-4-6-24(23-15-19(9-12-35-23)28-22(36-29(17)40)11-13-37(28)3)38-14-10-18(16-25(38)39)26-20(30(2,33)34)7-8-21(31)27(26)32/h7-9,11-13,15-17,24H,4-6,10,14H2,1-3H3,(H,36,40)/t17-,24+/m1/s1. The molecule has 10 heteroatoms. The van der Waals surface area contributed by atoms with Crippen molar-refractivity contribution < 1.29 is 22.8 Å². The molecule has 2 bridgehead atoms. The molecule has 3 aromatic rings. The number of aryl methyl sites for hydroxylation is 1. The maximum Gasteiger partial charge on any atom is 0.271 e. The highest BCUT2D eigenvalue weighted by molar-refractivity contribution is 6.31. The monoisotopic (exact) mass is 570 g/mol. The Bertz CT molecular complexity index is 1510. The van der Waals surface area contributed by atoms with Crippen LogP contribution in [0.25, 0.3) is 16.8 Å². The van der Waals surface area contributed by atoms with E-state index in [4.69, 9.17) is 11.6 Å². The number of carbonyl (C=O) groups is 2. The van der Waals surface area contributed by atoms with Crippen LogP contribution in [-0.4, -0.2) is 32.8 Å². The third-order valence-electron chi connectivity index (χ3n) is 7.76. The van der Waals surface area contributed by atoms with E-state index < -0.39 is 29.3 Å². The minimum atomic E-state index is -3.32. The number of rotatable bonds is 3.